The normalized spacial score (nSPS) is 14.8. The second kappa shape index (κ2) is 3.37. The number of amides is 2. The molecule has 0 fully saturated rings. The van der Waals surface area contributed by atoms with E-state index >= 15 is 0 Å². The highest BCUT2D eigenvalue weighted by atomic mass is 35.5. The van der Waals surface area contributed by atoms with Gasteiger partial charge in [-0.25, -0.2) is 0 Å². The van der Waals surface area contributed by atoms with Crippen molar-refractivity contribution in [2.24, 2.45) is 0 Å². The van der Waals surface area contributed by atoms with Gasteiger partial charge in [0.15, 0.2) is 0 Å². The Bertz CT molecular complexity index is 499. The fourth-order valence-electron chi connectivity index (χ4n) is 1.43. The molecular weight excluding hydrogens is 260 g/mol. The Hall–Kier alpha value is -0.770. The van der Waals surface area contributed by atoms with E-state index in [-0.39, 0.29) is 26.2 Å². The minimum absolute atomic E-state index is 0.0683. The third-order valence-corrected chi connectivity index (χ3v) is 3.29. The van der Waals surface area contributed by atoms with Crippen LogP contribution < -0.4 is 0 Å². The quantitative estimate of drug-likeness (QED) is 0.534. The van der Waals surface area contributed by atoms with E-state index in [1.54, 1.807) is 0 Å². The maximum absolute atomic E-state index is 11.6. The van der Waals surface area contributed by atoms with Crippen LogP contribution in [0.2, 0.25) is 15.1 Å². The van der Waals surface area contributed by atoms with Crippen molar-refractivity contribution in [3.8, 4) is 0 Å². The number of hydrogen-bond acceptors (Lipinski definition) is 2. The van der Waals surface area contributed by atoms with Crippen LogP contribution in [-0.2, 0) is 0 Å². The molecule has 0 atom stereocenters. The fraction of sp³-hybridized carbons (Fsp3) is 0.111. The van der Waals surface area contributed by atoms with Crippen molar-refractivity contribution < 1.29 is 9.59 Å². The van der Waals surface area contributed by atoms with Crippen molar-refractivity contribution in [3.63, 3.8) is 0 Å². The van der Waals surface area contributed by atoms with E-state index in [1.807, 2.05) is 0 Å². The number of carbonyl (C=O) groups excluding carboxylic acids is 2. The van der Waals surface area contributed by atoms with E-state index < -0.39 is 11.8 Å². The first-order chi connectivity index (χ1) is 6.95. The highest BCUT2D eigenvalue weighted by molar-refractivity contribution is 6.48. The summed E-state index contributed by atoms with van der Waals surface area (Å²) in [6.07, 6.45) is 0. The molecule has 1 aliphatic rings. The first-order valence-corrected chi connectivity index (χ1v) is 5.08. The molecule has 0 radical (unpaired) electrons. The standard InChI is InChI=1S/C9H4Cl3NO2/c1-13-8(14)5-3(10)2-4(11)7(12)6(5)9(13)15/h2H,1H3. The number of nitrogens with zero attached hydrogens (tertiary/aromatic N) is 1. The molecule has 1 heterocycles. The van der Waals surface area contributed by atoms with Crippen molar-refractivity contribution in [1.82, 2.24) is 4.90 Å². The topological polar surface area (TPSA) is 37.4 Å². The number of fused-ring (bicyclic) bond motifs is 1. The summed E-state index contributed by atoms with van der Waals surface area (Å²) in [6.45, 7) is 0. The monoisotopic (exact) mass is 263 g/mol. The number of imide groups is 1. The molecule has 78 valence electrons. The van der Waals surface area contributed by atoms with Crippen LogP contribution in [0.5, 0.6) is 0 Å². The number of benzene rings is 1. The van der Waals surface area contributed by atoms with Gasteiger partial charge in [0.2, 0.25) is 0 Å². The van der Waals surface area contributed by atoms with Crippen LogP contribution >= 0.6 is 34.8 Å². The van der Waals surface area contributed by atoms with Gasteiger partial charge in [0.25, 0.3) is 11.8 Å². The van der Waals surface area contributed by atoms with Gasteiger partial charge in [0, 0.05) is 7.05 Å². The summed E-state index contributed by atoms with van der Waals surface area (Å²) in [4.78, 5) is 24.2. The predicted molar refractivity (Wildman–Crippen MR) is 57.9 cm³/mol. The zero-order chi connectivity index (χ0) is 11.3. The minimum Gasteiger partial charge on any atom is -0.277 e. The Balaban J connectivity index is 2.85. The Kier molecular flexibility index (Phi) is 2.41. The van der Waals surface area contributed by atoms with Crippen molar-refractivity contribution in [3.05, 3.63) is 32.3 Å². The Morgan fingerprint density at radius 2 is 1.53 bits per heavy atom. The summed E-state index contributed by atoms with van der Waals surface area (Å²) in [5, 5.41) is 0.373. The summed E-state index contributed by atoms with van der Waals surface area (Å²) in [5.74, 6) is -0.942. The molecule has 3 nitrogen and oxygen atoms in total. The molecule has 0 spiro atoms. The molecule has 0 N–H and O–H groups in total. The highest BCUT2D eigenvalue weighted by Crippen LogP contribution is 2.38. The summed E-state index contributed by atoms with van der Waals surface area (Å²) < 4.78 is 0. The summed E-state index contributed by atoms with van der Waals surface area (Å²) in [7, 11) is 1.37. The second-order valence-corrected chi connectivity index (χ2v) is 4.27. The Morgan fingerprint density at radius 1 is 1.00 bits per heavy atom. The van der Waals surface area contributed by atoms with Crippen LogP contribution in [0.15, 0.2) is 6.07 Å². The van der Waals surface area contributed by atoms with Gasteiger partial charge >= 0.3 is 0 Å². The Labute approximate surface area is 101 Å². The average molecular weight is 264 g/mol. The van der Waals surface area contributed by atoms with Gasteiger partial charge in [-0.1, -0.05) is 34.8 Å². The lowest BCUT2D eigenvalue weighted by atomic mass is 10.1. The van der Waals surface area contributed by atoms with Crippen LogP contribution in [0, 0.1) is 0 Å². The van der Waals surface area contributed by atoms with E-state index in [2.05, 4.69) is 0 Å². The SMILES string of the molecule is CN1C(=O)c2c(Cl)cc(Cl)c(Cl)c2C1=O. The van der Waals surface area contributed by atoms with E-state index in [1.165, 1.54) is 13.1 Å². The molecular formula is C9H4Cl3NO2. The van der Waals surface area contributed by atoms with Crippen molar-refractivity contribution in [1.29, 1.82) is 0 Å². The third-order valence-electron chi connectivity index (χ3n) is 2.21. The van der Waals surface area contributed by atoms with Gasteiger partial charge in [0.05, 0.1) is 26.2 Å². The number of halogens is 3. The second-order valence-electron chi connectivity index (χ2n) is 3.07. The van der Waals surface area contributed by atoms with Crippen molar-refractivity contribution >= 4 is 46.6 Å². The number of hydrogen-bond donors (Lipinski definition) is 0. The molecule has 0 aromatic heterocycles. The number of rotatable bonds is 0. The lowest BCUT2D eigenvalue weighted by molar-refractivity contribution is 0.0693. The minimum atomic E-state index is -0.482. The predicted octanol–water partition coefficient (Wildman–Crippen LogP) is 2.87. The molecule has 0 saturated carbocycles. The molecule has 1 aliphatic heterocycles. The number of carbonyl (C=O) groups is 2. The maximum Gasteiger partial charge on any atom is 0.262 e. The van der Waals surface area contributed by atoms with Gasteiger partial charge in [-0.3, -0.25) is 14.5 Å². The highest BCUT2D eigenvalue weighted by Gasteiger charge is 2.37. The van der Waals surface area contributed by atoms with Crippen LogP contribution in [0.4, 0.5) is 0 Å². The first-order valence-electron chi connectivity index (χ1n) is 3.95. The summed E-state index contributed by atoms with van der Waals surface area (Å²) >= 11 is 17.4. The molecule has 15 heavy (non-hydrogen) atoms. The zero-order valence-corrected chi connectivity index (χ0v) is 9.74. The molecule has 0 bridgehead atoms. The van der Waals surface area contributed by atoms with Crippen LogP contribution in [0.1, 0.15) is 20.7 Å². The molecule has 0 aliphatic carbocycles. The lowest BCUT2D eigenvalue weighted by Gasteiger charge is -2.03. The molecule has 2 amide bonds. The molecule has 0 unspecified atom stereocenters. The van der Waals surface area contributed by atoms with Gasteiger partial charge in [-0.05, 0) is 6.07 Å². The van der Waals surface area contributed by atoms with Gasteiger partial charge < -0.3 is 0 Å². The summed E-state index contributed by atoms with van der Waals surface area (Å²) in [5.41, 5.74) is 0.209. The maximum atomic E-state index is 11.6. The van der Waals surface area contributed by atoms with E-state index in [0.29, 0.717) is 0 Å². The average Bonchev–Trinajstić information content (AvgIpc) is 2.40. The molecule has 2 rings (SSSR count). The Morgan fingerprint density at radius 3 is 2.13 bits per heavy atom. The first kappa shape index (κ1) is 10.7. The van der Waals surface area contributed by atoms with E-state index in [0.717, 1.165) is 4.90 Å². The molecule has 6 heteroatoms. The van der Waals surface area contributed by atoms with Crippen LogP contribution in [0.3, 0.4) is 0 Å². The third kappa shape index (κ3) is 1.34. The van der Waals surface area contributed by atoms with Crippen LogP contribution in [0.25, 0.3) is 0 Å². The van der Waals surface area contributed by atoms with Crippen molar-refractivity contribution in [2.45, 2.75) is 0 Å². The van der Waals surface area contributed by atoms with Gasteiger partial charge in [-0.15, -0.1) is 0 Å². The fourth-order valence-corrected chi connectivity index (χ4v) is 2.21. The summed E-state index contributed by atoms with van der Waals surface area (Å²) in [6, 6.07) is 1.36. The van der Waals surface area contributed by atoms with E-state index in [4.69, 9.17) is 34.8 Å². The van der Waals surface area contributed by atoms with Crippen LogP contribution in [-0.4, -0.2) is 23.8 Å². The molecule has 1 aromatic rings. The van der Waals surface area contributed by atoms with E-state index in [9.17, 15) is 9.59 Å². The zero-order valence-electron chi connectivity index (χ0n) is 7.47. The van der Waals surface area contributed by atoms with Gasteiger partial charge in [-0.2, -0.15) is 0 Å². The molecule has 0 saturated heterocycles. The largest absolute Gasteiger partial charge is 0.277 e. The van der Waals surface area contributed by atoms with Gasteiger partial charge in [0.1, 0.15) is 0 Å². The van der Waals surface area contributed by atoms with Crippen molar-refractivity contribution in [2.75, 3.05) is 7.05 Å². The smallest absolute Gasteiger partial charge is 0.262 e. The molecule has 1 aromatic carbocycles. The lowest BCUT2D eigenvalue weighted by Crippen LogP contribution is -2.24.